The van der Waals surface area contributed by atoms with Gasteiger partial charge in [0.25, 0.3) is 0 Å². The summed E-state index contributed by atoms with van der Waals surface area (Å²) < 4.78 is 10.7. The summed E-state index contributed by atoms with van der Waals surface area (Å²) in [7, 11) is -1.37. The molecule has 29 heavy (non-hydrogen) atoms. The van der Waals surface area contributed by atoms with Crippen LogP contribution in [0.25, 0.3) is 0 Å². The van der Waals surface area contributed by atoms with Gasteiger partial charge in [-0.15, -0.1) is 0 Å². The number of nitrogens with two attached hydrogens (primary N) is 1. The summed E-state index contributed by atoms with van der Waals surface area (Å²) in [5, 5.41) is 31.5. The molecule has 1 atom stereocenters. The molecule has 3 rings (SSSR count). The van der Waals surface area contributed by atoms with Gasteiger partial charge in [-0.3, -0.25) is 4.79 Å². The number of unbranched alkanes of at least 4 members (excludes halogenated alkanes) is 1. The molecular weight excluding hydrogens is 398 g/mol. The predicted molar refractivity (Wildman–Crippen MR) is 108 cm³/mol. The van der Waals surface area contributed by atoms with Gasteiger partial charge in [0, 0.05) is 23.2 Å². The van der Waals surface area contributed by atoms with Crippen LogP contribution < -0.4 is 15.8 Å². The number of rotatable bonds is 10. The molecule has 2 aliphatic rings. The first-order valence-corrected chi connectivity index (χ1v) is 10.2. The Balaban J connectivity index is 1.52. The topological polar surface area (TPSA) is 134 Å². The Morgan fingerprint density at radius 3 is 2.79 bits per heavy atom. The van der Waals surface area contributed by atoms with Crippen LogP contribution >= 0.6 is 11.6 Å². The van der Waals surface area contributed by atoms with Crippen molar-refractivity contribution in [2.45, 2.75) is 56.5 Å². The van der Waals surface area contributed by atoms with Crippen molar-refractivity contribution in [2.24, 2.45) is 11.7 Å². The molecule has 1 aromatic rings. The average molecular weight is 426 g/mol. The highest BCUT2D eigenvalue weighted by atomic mass is 35.5. The second kappa shape index (κ2) is 9.64. The average Bonchev–Trinajstić information content (AvgIpc) is 2.65. The molecule has 10 heteroatoms. The molecule has 1 aliphatic carbocycles. The van der Waals surface area contributed by atoms with E-state index in [0.29, 0.717) is 43.7 Å². The van der Waals surface area contributed by atoms with Gasteiger partial charge < -0.3 is 35.7 Å². The number of carboxylic acid groups (broad SMARTS) is 1. The van der Waals surface area contributed by atoms with Crippen LogP contribution in [0, 0.1) is 12.5 Å². The van der Waals surface area contributed by atoms with E-state index in [9.17, 15) is 9.90 Å². The van der Waals surface area contributed by atoms with Crippen molar-refractivity contribution in [2.75, 3.05) is 6.79 Å². The Bertz CT molecular complexity index is 731. The van der Waals surface area contributed by atoms with Crippen molar-refractivity contribution >= 4 is 24.7 Å². The molecule has 0 saturated heterocycles. The summed E-state index contributed by atoms with van der Waals surface area (Å²) in [5.74, 6) is -0.409. The highest BCUT2D eigenvalue weighted by Crippen LogP contribution is 2.39. The minimum atomic E-state index is -1.37. The predicted octanol–water partition coefficient (Wildman–Crippen LogP) is 1.51. The van der Waals surface area contributed by atoms with Crippen molar-refractivity contribution in [1.29, 1.82) is 0 Å². The number of halogens is 1. The molecule has 6 N–H and O–H groups in total. The zero-order valence-electron chi connectivity index (χ0n) is 16.1. The lowest BCUT2D eigenvalue weighted by Crippen LogP contribution is -2.61. The monoisotopic (exact) mass is 425 g/mol. The van der Waals surface area contributed by atoms with Gasteiger partial charge in [-0.1, -0.05) is 24.4 Å². The van der Waals surface area contributed by atoms with Crippen LogP contribution in [-0.4, -0.2) is 46.6 Å². The molecule has 0 amide bonds. The minimum absolute atomic E-state index is 0.130. The van der Waals surface area contributed by atoms with Crippen LogP contribution in [-0.2, 0) is 16.1 Å². The molecular formula is C19H27BClN2O6. The fourth-order valence-corrected chi connectivity index (χ4v) is 4.18. The lowest BCUT2D eigenvalue weighted by atomic mass is 9.66. The third-order valence-electron chi connectivity index (χ3n) is 5.88. The normalized spacial score (nSPS) is 22.8. The van der Waals surface area contributed by atoms with E-state index in [2.05, 4.69) is 5.32 Å². The largest absolute Gasteiger partial charge is 0.480 e. The van der Waals surface area contributed by atoms with Crippen molar-refractivity contribution in [3.8, 4) is 5.75 Å². The molecule has 1 aromatic carbocycles. The fourth-order valence-electron chi connectivity index (χ4n) is 3.95. The van der Waals surface area contributed by atoms with Crippen LogP contribution in [0.2, 0.25) is 11.3 Å². The van der Waals surface area contributed by atoms with Crippen LogP contribution in [0.4, 0.5) is 0 Å². The SMILES string of the molecule is NC(CCCCB(O)O)(C(=O)O)C1CC(NCc2c(Cl)ccc3c2[CH]OCO3)C1. The number of aliphatic carboxylic acids is 1. The van der Waals surface area contributed by atoms with E-state index in [4.69, 9.17) is 36.9 Å². The number of carbonyl (C=O) groups is 1. The van der Waals surface area contributed by atoms with E-state index in [1.54, 1.807) is 12.7 Å². The van der Waals surface area contributed by atoms with Crippen LogP contribution in [0.5, 0.6) is 5.75 Å². The van der Waals surface area contributed by atoms with E-state index < -0.39 is 18.6 Å². The third-order valence-corrected chi connectivity index (χ3v) is 6.23. The molecule has 1 radical (unpaired) electrons. The molecule has 1 heterocycles. The van der Waals surface area contributed by atoms with Crippen LogP contribution in [0.15, 0.2) is 12.1 Å². The van der Waals surface area contributed by atoms with Gasteiger partial charge in [0.15, 0.2) is 6.79 Å². The van der Waals surface area contributed by atoms with E-state index in [-0.39, 0.29) is 25.1 Å². The van der Waals surface area contributed by atoms with Crippen molar-refractivity contribution in [3.63, 3.8) is 0 Å². The van der Waals surface area contributed by atoms with Crippen molar-refractivity contribution in [3.05, 3.63) is 34.9 Å². The van der Waals surface area contributed by atoms with Crippen molar-refractivity contribution < 1.29 is 29.4 Å². The standard InChI is InChI=1S/C19H27BClN2O6/c21-16-3-4-17-15(10-28-11-29-17)14(16)9-23-13-7-12(8-13)19(22,18(24)25)5-1-2-6-20(26)27/h3-4,10,12-13,23,26-27H,1-2,5-9,11,22H2,(H,24,25). The van der Waals surface area contributed by atoms with Gasteiger partial charge in [-0.2, -0.15) is 0 Å². The Morgan fingerprint density at radius 1 is 1.34 bits per heavy atom. The van der Waals surface area contributed by atoms with Crippen LogP contribution in [0.3, 0.4) is 0 Å². The maximum Gasteiger partial charge on any atom is 0.451 e. The number of benzene rings is 1. The Kier molecular flexibility index (Phi) is 7.42. The molecule has 1 saturated carbocycles. The number of carboxylic acids is 1. The quantitative estimate of drug-likeness (QED) is 0.281. The number of ether oxygens (including phenoxy) is 2. The first-order valence-electron chi connectivity index (χ1n) is 9.82. The maximum absolute atomic E-state index is 11.8. The summed E-state index contributed by atoms with van der Waals surface area (Å²) >= 11 is 6.34. The zero-order chi connectivity index (χ0) is 21.0. The maximum atomic E-state index is 11.8. The second-order valence-corrected chi connectivity index (χ2v) is 8.21. The Morgan fingerprint density at radius 2 is 2.10 bits per heavy atom. The summed E-state index contributed by atoms with van der Waals surface area (Å²) in [6.07, 6.45) is 2.92. The lowest BCUT2D eigenvalue weighted by Gasteiger charge is -2.45. The third kappa shape index (κ3) is 5.23. The first kappa shape index (κ1) is 22.3. The number of hydrogen-bond donors (Lipinski definition) is 5. The number of hydrogen-bond acceptors (Lipinski definition) is 7. The highest BCUT2D eigenvalue weighted by Gasteiger charge is 2.48. The number of fused-ring (bicyclic) bond motifs is 1. The lowest BCUT2D eigenvalue weighted by molar-refractivity contribution is -0.148. The fraction of sp³-hybridized carbons (Fsp3) is 0.579. The van der Waals surface area contributed by atoms with Gasteiger partial charge in [-0.05, 0) is 49.2 Å². The smallest absolute Gasteiger partial charge is 0.451 e. The van der Waals surface area contributed by atoms with Crippen LogP contribution in [0.1, 0.15) is 43.2 Å². The van der Waals surface area contributed by atoms with Gasteiger partial charge in [0.1, 0.15) is 17.9 Å². The van der Waals surface area contributed by atoms with E-state index in [1.165, 1.54) is 0 Å². The first-order chi connectivity index (χ1) is 13.8. The van der Waals surface area contributed by atoms with Gasteiger partial charge in [-0.25, -0.2) is 0 Å². The molecule has 1 fully saturated rings. The second-order valence-electron chi connectivity index (χ2n) is 7.80. The van der Waals surface area contributed by atoms with Crippen molar-refractivity contribution in [1.82, 2.24) is 5.32 Å². The van der Waals surface area contributed by atoms with E-state index in [1.807, 2.05) is 6.07 Å². The Hall–Kier alpha value is -1.36. The minimum Gasteiger partial charge on any atom is -0.480 e. The van der Waals surface area contributed by atoms with Gasteiger partial charge in [0.05, 0.1) is 0 Å². The Labute approximate surface area is 175 Å². The van der Waals surface area contributed by atoms with Gasteiger partial charge in [0.2, 0.25) is 0 Å². The summed E-state index contributed by atoms with van der Waals surface area (Å²) in [4.78, 5) is 11.8. The molecule has 1 aliphatic heterocycles. The molecule has 1 unspecified atom stereocenters. The molecule has 8 nitrogen and oxygen atoms in total. The summed E-state index contributed by atoms with van der Waals surface area (Å²) in [6, 6.07) is 3.75. The molecule has 0 aromatic heterocycles. The zero-order valence-corrected chi connectivity index (χ0v) is 16.9. The van der Waals surface area contributed by atoms with E-state index >= 15 is 0 Å². The molecule has 0 bridgehead atoms. The van der Waals surface area contributed by atoms with Gasteiger partial charge >= 0.3 is 13.1 Å². The molecule has 0 spiro atoms. The summed E-state index contributed by atoms with van der Waals surface area (Å²) in [6.45, 7) is 2.34. The van der Waals surface area contributed by atoms with E-state index in [0.717, 1.165) is 16.9 Å². The molecule has 159 valence electrons. The highest BCUT2D eigenvalue weighted by molar-refractivity contribution is 6.40. The summed E-state index contributed by atoms with van der Waals surface area (Å²) in [5.41, 5.74) is 6.64. The number of nitrogens with one attached hydrogen (secondary N) is 1.